The van der Waals surface area contributed by atoms with Crippen molar-refractivity contribution in [3.63, 3.8) is 0 Å². The summed E-state index contributed by atoms with van der Waals surface area (Å²) in [7, 11) is 1.57. The summed E-state index contributed by atoms with van der Waals surface area (Å²) < 4.78 is 15.8. The van der Waals surface area contributed by atoms with Crippen molar-refractivity contribution in [2.45, 2.75) is 31.8 Å². The number of rotatable bonds is 3. The molecule has 2 aromatic rings. The van der Waals surface area contributed by atoms with Gasteiger partial charge in [0.1, 0.15) is 11.3 Å². The maximum absolute atomic E-state index is 14.6. The Morgan fingerprint density at radius 2 is 2.04 bits per heavy atom. The zero-order valence-corrected chi connectivity index (χ0v) is 14.7. The molecule has 0 N–H and O–H groups in total. The second kappa shape index (κ2) is 5.94. The fourth-order valence-electron chi connectivity index (χ4n) is 3.70. The third-order valence-corrected chi connectivity index (χ3v) is 5.37. The molecule has 0 spiro atoms. The van der Waals surface area contributed by atoms with E-state index in [2.05, 4.69) is 15.1 Å². The van der Waals surface area contributed by atoms with Crippen molar-refractivity contribution in [1.29, 1.82) is 0 Å². The van der Waals surface area contributed by atoms with E-state index in [1.54, 1.807) is 13.2 Å². The van der Waals surface area contributed by atoms with Crippen LogP contribution in [-0.4, -0.2) is 44.9 Å². The minimum atomic E-state index is -0.332. The monoisotopic (exact) mass is 364 g/mol. The van der Waals surface area contributed by atoms with E-state index < -0.39 is 0 Å². The van der Waals surface area contributed by atoms with Crippen LogP contribution in [0.1, 0.15) is 19.0 Å². The summed E-state index contributed by atoms with van der Waals surface area (Å²) in [6.45, 7) is 3.17. The van der Waals surface area contributed by atoms with Crippen molar-refractivity contribution >= 4 is 23.1 Å². The molecule has 3 fully saturated rings. The Bertz CT molecular complexity index is 875. The van der Waals surface area contributed by atoms with Gasteiger partial charge in [0, 0.05) is 20.1 Å². The van der Waals surface area contributed by atoms with Crippen molar-refractivity contribution in [2.24, 2.45) is 7.05 Å². The maximum Gasteiger partial charge on any atom is 0.287 e. The Hall–Kier alpha value is -2.22. The summed E-state index contributed by atoms with van der Waals surface area (Å²) >= 11 is 6.20. The molecule has 25 heavy (non-hydrogen) atoms. The van der Waals surface area contributed by atoms with Gasteiger partial charge in [-0.05, 0) is 12.8 Å². The van der Waals surface area contributed by atoms with Gasteiger partial charge in [-0.15, -0.1) is 0 Å². The predicted octanol–water partition coefficient (Wildman–Crippen LogP) is 1.39. The Kier molecular flexibility index (Phi) is 3.87. The normalized spacial score (nSPS) is 22.1. The molecule has 0 radical (unpaired) electrons. The highest BCUT2D eigenvalue weighted by molar-refractivity contribution is 6.33. The average molecular weight is 365 g/mol. The predicted molar refractivity (Wildman–Crippen MR) is 92.7 cm³/mol. The largest absolute Gasteiger partial charge is 0.365 e. The minimum absolute atomic E-state index is 0.132. The van der Waals surface area contributed by atoms with Crippen molar-refractivity contribution < 1.29 is 4.39 Å². The molecule has 0 aliphatic carbocycles. The molecule has 5 rings (SSSR count). The molecule has 132 valence electrons. The molecule has 3 aliphatic heterocycles. The summed E-state index contributed by atoms with van der Waals surface area (Å²) in [5.41, 5.74) is 0.756. The molecule has 0 amide bonds. The van der Waals surface area contributed by atoms with Gasteiger partial charge in [-0.2, -0.15) is 5.10 Å². The van der Waals surface area contributed by atoms with Gasteiger partial charge in [0.2, 0.25) is 0 Å². The summed E-state index contributed by atoms with van der Waals surface area (Å²) in [6.07, 6.45) is 4.53. The Labute approximate surface area is 149 Å². The van der Waals surface area contributed by atoms with Gasteiger partial charge in [0.15, 0.2) is 11.6 Å². The molecule has 2 aromatic heterocycles. The Morgan fingerprint density at radius 3 is 2.72 bits per heavy atom. The van der Waals surface area contributed by atoms with Gasteiger partial charge in [0.25, 0.3) is 5.56 Å². The maximum atomic E-state index is 14.6. The molecule has 9 heteroatoms. The average Bonchev–Trinajstić information content (AvgIpc) is 2.61. The second-order valence-corrected chi connectivity index (χ2v) is 6.82. The van der Waals surface area contributed by atoms with Gasteiger partial charge < -0.3 is 9.80 Å². The standard InChI is InChI=1S/C16H18ClFN6O/c1-3-11-14(18)15(20-8-19-11)24-9-4-10(24)7-23(6-9)12-5-21-22(2)16(25)13(12)17/h5,8-10H,3-4,6-7H2,1-2H3. The van der Waals surface area contributed by atoms with Crippen LogP contribution in [0.25, 0.3) is 0 Å². The lowest BCUT2D eigenvalue weighted by Crippen LogP contribution is -2.69. The Balaban J connectivity index is 1.60. The van der Waals surface area contributed by atoms with E-state index in [0.717, 1.165) is 6.42 Å². The van der Waals surface area contributed by atoms with Crippen LogP contribution in [0, 0.1) is 5.82 Å². The topological polar surface area (TPSA) is 67.2 Å². The molecule has 0 saturated carbocycles. The first kappa shape index (κ1) is 16.3. The van der Waals surface area contributed by atoms with Crippen LogP contribution in [-0.2, 0) is 13.5 Å². The van der Waals surface area contributed by atoms with Gasteiger partial charge in [-0.25, -0.2) is 19.0 Å². The Morgan fingerprint density at radius 1 is 1.32 bits per heavy atom. The summed E-state index contributed by atoms with van der Waals surface area (Å²) in [6, 6.07) is 0.265. The number of fused-ring (bicyclic) bond motifs is 2. The van der Waals surface area contributed by atoms with Crippen LogP contribution in [0.3, 0.4) is 0 Å². The van der Waals surface area contributed by atoms with Crippen LogP contribution in [0.4, 0.5) is 15.9 Å². The first-order chi connectivity index (χ1) is 12.0. The first-order valence-corrected chi connectivity index (χ1v) is 8.63. The number of aryl methyl sites for hydroxylation is 2. The van der Waals surface area contributed by atoms with Gasteiger partial charge in [0.05, 0.1) is 29.7 Å². The van der Waals surface area contributed by atoms with E-state index >= 15 is 0 Å². The smallest absolute Gasteiger partial charge is 0.287 e. The SMILES string of the molecule is CCc1ncnc(N2C3CC2CN(c2cnn(C)c(=O)c2Cl)C3)c1F. The summed E-state index contributed by atoms with van der Waals surface area (Å²) in [5.74, 6) is 0.0439. The quantitative estimate of drug-likeness (QED) is 0.820. The molecule has 3 aliphatic rings. The summed E-state index contributed by atoms with van der Waals surface area (Å²) in [5, 5.41) is 4.23. The van der Waals surface area contributed by atoms with Gasteiger partial charge in [-0.3, -0.25) is 4.79 Å². The van der Waals surface area contributed by atoms with Crippen LogP contribution < -0.4 is 15.4 Å². The molecule has 7 nitrogen and oxygen atoms in total. The van der Waals surface area contributed by atoms with Crippen molar-refractivity contribution in [3.8, 4) is 0 Å². The molecular weight excluding hydrogens is 347 g/mol. The van der Waals surface area contributed by atoms with E-state index in [0.29, 0.717) is 36.7 Å². The fourth-order valence-corrected chi connectivity index (χ4v) is 3.99. The number of piperidine rings is 1. The highest BCUT2D eigenvalue weighted by Crippen LogP contribution is 2.39. The zero-order valence-electron chi connectivity index (χ0n) is 14.0. The first-order valence-electron chi connectivity index (χ1n) is 8.25. The van der Waals surface area contributed by atoms with Gasteiger partial charge in [-0.1, -0.05) is 18.5 Å². The van der Waals surface area contributed by atoms with E-state index in [1.165, 1.54) is 11.0 Å². The molecule has 0 aromatic carbocycles. The number of anilines is 2. The van der Waals surface area contributed by atoms with Crippen molar-refractivity contribution in [3.05, 3.63) is 39.4 Å². The molecule has 2 bridgehead atoms. The number of hydrogen-bond donors (Lipinski definition) is 0. The number of halogens is 2. The number of piperazine rings is 1. The molecule has 5 heterocycles. The minimum Gasteiger partial charge on any atom is -0.365 e. The molecule has 2 unspecified atom stereocenters. The lowest BCUT2D eigenvalue weighted by Gasteiger charge is -2.57. The van der Waals surface area contributed by atoms with Crippen LogP contribution in [0.2, 0.25) is 5.02 Å². The lowest BCUT2D eigenvalue weighted by atomic mass is 9.87. The van der Waals surface area contributed by atoms with Crippen molar-refractivity contribution in [2.75, 3.05) is 22.9 Å². The van der Waals surface area contributed by atoms with E-state index in [9.17, 15) is 9.18 Å². The molecule has 2 atom stereocenters. The second-order valence-electron chi connectivity index (χ2n) is 6.44. The highest BCUT2D eigenvalue weighted by atomic mass is 35.5. The third-order valence-electron chi connectivity index (χ3n) is 5.02. The fraction of sp³-hybridized carbons (Fsp3) is 0.500. The number of hydrogen-bond acceptors (Lipinski definition) is 6. The van der Waals surface area contributed by atoms with E-state index in [1.807, 2.05) is 16.7 Å². The lowest BCUT2D eigenvalue weighted by molar-refractivity contribution is 0.284. The number of aromatic nitrogens is 4. The number of nitrogens with zero attached hydrogens (tertiary/aromatic N) is 6. The van der Waals surface area contributed by atoms with E-state index in [-0.39, 0.29) is 28.5 Å². The summed E-state index contributed by atoms with van der Waals surface area (Å²) in [4.78, 5) is 24.2. The van der Waals surface area contributed by atoms with E-state index in [4.69, 9.17) is 11.6 Å². The molecular formula is C16H18ClFN6O. The highest BCUT2D eigenvalue weighted by Gasteiger charge is 2.47. The van der Waals surface area contributed by atoms with Crippen molar-refractivity contribution in [1.82, 2.24) is 19.7 Å². The van der Waals surface area contributed by atoms with Crippen LogP contribution in [0.5, 0.6) is 0 Å². The van der Waals surface area contributed by atoms with Gasteiger partial charge >= 0.3 is 0 Å². The molecule has 3 saturated heterocycles. The van der Waals surface area contributed by atoms with Crippen LogP contribution >= 0.6 is 11.6 Å². The zero-order chi connectivity index (χ0) is 17.7. The third kappa shape index (κ3) is 2.47. The van der Waals surface area contributed by atoms with Crippen LogP contribution in [0.15, 0.2) is 17.3 Å².